The predicted molar refractivity (Wildman–Crippen MR) is 157 cm³/mol. The van der Waals surface area contributed by atoms with Gasteiger partial charge in [0.15, 0.2) is 4.80 Å². The third-order valence-electron chi connectivity index (χ3n) is 7.55. The summed E-state index contributed by atoms with van der Waals surface area (Å²) in [6.45, 7) is 0. The number of thiazole rings is 1. The number of methoxy groups -OCH3 is 1. The van der Waals surface area contributed by atoms with Gasteiger partial charge in [0.05, 0.1) is 33.9 Å². The molecule has 0 unspecified atom stereocenters. The molecule has 0 fully saturated rings. The minimum absolute atomic E-state index is 0.0708. The van der Waals surface area contributed by atoms with E-state index in [0.717, 1.165) is 35.2 Å². The number of benzene rings is 3. The van der Waals surface area contributed by atoms with Gasteiger partial charge in [0.2, 0.25) is 0 Å². The van der Waals surface area contributed by atoms with Gasteiger partial charge in [-0.3, -0.25) is 19.5 Å². The molecule has 2 aromatic heterocycles. The van der Waals surface area contributed by atoms with E-state index < -0.39 is 4.92 Å². The van der Waals surface area contributed by atoms with Gasteiger partial charge in [0.25, 0.3) is 11.2 Å². The minimum Gasteiger partial charge on any atom is -0.496 e. The highest BCUT2D eigenvalue weighted by Gasteiger charge is 2.32. The van der Waals surface area contributed by atoms with Crippen molar-refractivity contribution in [1.29, 1.82) is 0 Å². The van der Waals surface area contributed by atoms with Crippen molar-refractivity contribution in [3.8, 4) is 17.1 Å². The standard InChI is InChI=1S/C32H23N3O5S/c1-39-26-15-12-21(35(37)38)17-25(26)27-16-13-22(40-27)18-28-31(36)34-30(20-8-3-2-4-9-20)24-14-11-19-7-5-6-10-23(19)29(24)33-32(34)41-28/h2-10,12-13,15-18,30H,11,14H2,1H3/b28-18+/t30-/m0/s1. The molecule has 0 bridgehead atoms. The van der Waals surface area contributed by atoms with Gasteiger partial charge in [-0.25, -0.2) is 4.99 Å². The van der Waals surface area contributed by atoms with Crippen LogP contribution in [0, 0.1) is 10.1 Å². The first-order valence-corrected chi connectivity index (χ1v) is 13.9. The summed E-state index contributed by atoms with van der Waals surface area (Å²) >= 11 is 1.32. The van der Waals surface area contributed by atoms with Gasteiger partial charge in [0.1, 0.15) is 17.3 Å². The lowest BCUT2D eigenvalue weighted by Crippen LogP contribution is -2.38. The molecule has 1 aliphatic carbocycles. The first kappa shape index (κ1) is 25.0. The zero-order chi connectivity index (χ0) is 28.1. The topological polar surface area (TPSA) is 99.9 Å². The van der Waals surface area contributed by atoms with E-state index in [1.807, 2.05) is 24.3 Å². The first-order valence-electron chi connectivity index (χ1n) is 13.1. The Kier molecular flexibility index (Phi) is 6.01. The number of nitro benzene ring substituents is 1. The van der Waals surface area contributed by atoms with E-state index in [1.54, 1.807) is 22.8 Å². The van der Waals surface area contributed by atoms with Gasteiger partial charge in [-0.1, -0.05) is 65.9 Å². The molecule has 2 aliphatic rings. The van der Waals surface area contributed by atoms with Gasteiger partial charge in [-0.05, 0) is 47.7 Å². The number of non-ortho nitro benzene ring substituents is 1. The largest absolute Gasteiger partial charge is 0.496 e. The van der Waals surface area contributed by atoms with E-state index in [0.29, 0.717) is 32.2 Å². The summed E-state index contributed by atoms with van der Waals surface area (Å²) in [5.41, 5.74) is 5.77. The summed E-state index contributed by atoms with van der Waals surface area (Å²) in [4.78, 5) is 30.5. The molecule has 0 saturated carbocycles. The molecule has 3 aromatic carbocycles. The number of allylic oxidation sites excluding steroid dienone is 1. The summed E-state index contributed by atoms with van der Waals surface area (Å²) in [5.74, 6) is 1.30. The van der Waals surface area contributed by atoms with Crippen LogP contribution in [0.5, 0.6) is 5.75 Å². The molecule has 41 heavy (non-hydrogen) atoms. The van der Waals surface area contributed by atoms with Crippen LogP contribution < -0.4 is 19.6 Å². The van der Waals surface area contributed by atoms with Crippen LogP contribution in [0.1, 0.15) is 34.9 Å². The highest BCUT2D eigenvalue weighted by molar-refractivity contribution is 7.07. The number of aryl methyl sites for hydroxylation is 1. The monoisotopic (exact) mass is 561 g/mol. The Morgan fingerprint density at radius 2 is 1.83 bits per heavy atom. The number of hydrogen-bond donors (Lipinski definition) is 0. The Bertz CT molecular complexity index is 2050. The SMILES string of the molecule is COc1ccc([N+](=O)[O-])cc1-c1ccc(/C=c2/sc3n(c2=O)[C@@H](c2ccccc2)C2=C(N=3)c3ccccc3CC2)o1. The van der Waals surface area contributed by atoms with Crippen molar-refractivity contribution in [1.82, 2.24) is 4.57 Å². The van der Waals surface area contributed by atoms with Crippen molar-refractivity contribution >= 4 is 28.8 Å². The van der Waals surface area contributed by atoms with Gasteiger partial charge >= 0.3 is 0 Å². The fourth-order valence-corrected chi connectivity index (χ4v) is 6.65. The van der Waals surface area contributed by atoms with Crippen molar-refractivity contribution in [2.75, 3.05) is 7.11 Å². The summed E-state index contributed by atoms with van der Waals surface area (Å²) < 4.78 is 13.7. The molecule has 1 aliphatic heterocycles. The molecule has 5 aromatic rings. The Labute approximate surface area is 238 Å². The maximum absolute atomic E-state index is 13.9. The van der Waals surface area contributed by atoms with Crippen LogP contribution in [0.15, 0.2) is 105 Å². The van der Waals surface area contributed by atoms with Gasteiger partial charge in [-0.2, -0.15) is 0 Å². The van der Waals surface area contributed by atoms with E-state index in [1.165, 1.54) is 42.2 Å². The fraction of sp³-hybridized carbons (Fsp3) is 0.125. The highest BCUT2D eigenvalue weighted by Crippen LogP contribution is 2.41. The molecule has 0 N–H and O–H groups in total. The van der Waals surface area contributed by atoms with E-state index in [9.17, 15) is 14.9 Å². The number of hydrogen-bond acceptors (Lipinski definition) is 7. The van der Waals surface area contributed by atoms with Gasteiger partial charge in [0, 0.05) is 23.8 Å². The highest BCUT2D eigenvalue weighted by atomic mass is 32.1. The Balaban J connectivity index is 1.37. The third-order valence-corrected chi connectivity index (χ3v) is 8.53. The molecule has 202 valence electrons. The molecular formula is C32H23N3O5S. The second-order valence-electron chi connectivity index (χ2n) is 9.87. The molecule has 3 heterocycles. The lowest BCUT2D eigenvalue weighted by Gasteiger charge is -2.30. The number of rotatable bonds is 5. The second-order valence-corrected chi connectivity index (χ2v) is 10.9. The fourth-order valence-electron chi connectivity index (χ4n) is 5.66. The van der Waals surface area contributed by atoms with Crippen molar-refractivity contribution < 1.29 is 14.1 Å². The smallest absolute Gasteiger partial charge is 0.271 e. The quantitative estimate of drug-likeness (QED) is 0.209. The average Bonchev–Trinajstić information content (AvgIpc) is 3.60. The van der Waals surface area contributed by atoms with Crippen LogP contribution in [0.3, 0.4) is 0 Å². The van der Waals surface area contributed by atoms with Crippen molar-refractivity contribution in [2.24, 2.45) is 4.99 Å². The summed E-state index contributed by atoms with van der Waals surface area (Å²) in [7, 11) is 1.50. The average molecular weight is 562 g/mol. The molecule has 9 heteroatoms. The Morgan fingerprint density at radius 1 is 1.02 bits per heavy atom. The van der Waals surface area contributed by atoms with Crippen LogP contribution in [-0.2, 0) is 6.42 Å². The maximum atomic E-state index is 13.9. The maximum Gasteiger partial charge on any atom is 0.271 e. The summed E-state index contributed by atoms with van der Waals surface area (Å²) in [6.07, 6.45) is 3.43. The number of fused-ring (bicyclic) bond motifs is 3. The molecule has 1 atom stereocenters. The third kappa shape index (κ3) is 4.22. The summed E-state index contributed by atoms with van der Waals surface area (Å²) in [6, 6.07) is 26.0. The van der Waals surface area contributed by atoms with Crippen LogP contribution in [-0.4, -0.2) is 16.6 Å². The van der Waals surface area contributed by atoms with Crippen LogP contribution in [0.2, 0.25) is 0 Å². The second kappa shape index (κ2) is 9.87. The molecule has 7 rings (SSSR count). The van der Waals surface area contributed by atoms with E-state index in [2.05, 4.69) is 30.3 Å². The number of nitrogens with zero attached hydrogens (tertiary/aromatic N) is 3. The van der Waals surface area contributed by atoms with Crippen LogP contribution in [0.4, 0.5) is 5.69 Å². The molecule has 0 amide bonds. The molecular weight excluding hydrogens is 538 g/mol. The summed E-state index contributed by atoms with van der Waals surface area (Å²) in [5, 5.41) is 11.3. The van der Waals surface area contributed by atoms with Crippen molar-refractivity contribution in [3.63, 3.8) is 0 Å². The van der Waals surface area contributed by atoms with E-state index in [-0.39, 0.29) is 17.3 Å². The van der Waals surface area contributed by atoms with Crippen LogP contribution in [0.25, 0.3) is 23.1 Å². The van der Waals surface area contributed by atoms with Crippen LogP contribution >= 0.6 is 11.3 Å². The lowest BCUT2D eigenvalue weighted by molar-refractivity contribution is -0.384. The Morgan fingerprint density at radius 3 is 2.63 bits per heavy atom. The molecule has 8 nitrogen and oxygen atoms in total. The Hall–Kier alpha value is -5.02. The minimum atomic E-state index is -0.464. The number of furan rings is 1. The number of aromatic nitrogens is 1. The van der Waals surface area contributed by atoms with E-state index >= 15 is 0 Å². The van der Waals surface area contributed by atoms with Gasteiger partial charge < -0.3 is 9.15 Å². The first-order chi connectivity index (χ1) is 20.0. The van der Waals surface area contributed by atoms with Crippen molar-refractivity contribution in [2.45, 2.75) is 18.9 Å². The van der Waals surface area contributed by atoms with Crippen molar-refractivity contribution in [3.05, 3.63) is 143 Å². The number of nitro groups is 1. The molecule has 0 radical (unpaired) electrons. The van der Waals surface area contributed by atoms with Gasteiger partial charge in [-0.15, -0.1) is 0 Å². The predicted octanol–water partition coefficient (Wildman–Crippen LogP) is 5.50. The normalized spacial score (nSPS) is 16.0. The number of ether oxygens (including phenoxy) is 1. The van der Waals surface area contributed by atoms with E-state index in [4.69, 9.17) is 14.1 Å². The lowest BCUT2D eigenvalue weighted by atomic mass is 9.83. The molecule has 0 saturated heterocycles. The molecule has 0 spiro atoms. The zero-order valence-corrected chi connectivity index (χ0v) is 22.8. The zero-order valence-electron chi connectivity index (χ0n) is 21.9.